The molecule has 2 rings (SSSR count). The SMILES string of the molecule is COC(=O)CNc1cc(O)c2c(c1)OCCC2. The van der Waals surface area contributed by atoms with Crippen LogP contribution in [-0.4, -0.2) is 31.3 Å². The Morgan fingerprint density at radius 1 is 1.59 bits per heavy atom. The van der Waals surface area contributed by atoms with E-state index < -0.39 is 0 Å². The monoisotopic (exact) mass is 237 g/mol. The Balaban J connectivity index is 2.13. The number of ether oxygens (including phenoxy) is 2. The average molecular weight is 237 g/mol. The Morgan fingerprint density at radius 3 is 3.18 bits per heavy atom. The van der Waals surface area contributed by atoms with Gasteiger partial charge in [0.2, 0.25) is 0 Å². The lowest BCUT2D eigenvalue weighted by Crippen LogP contribution is -2.15. The zero-order valence-electron chi connectivity index (χ0n) is 9.66. The second-order valence-electron chi connectivity index (χ2n) is 3.85. The molecule has 0 radical (unpaired) electrons. The molecule has 0 saturated heterocycles. The highest BCUT2D eigenvalue weighted by molar-refractivity contribution is 5.75. The summed E-state index contributed by atoms with van der Waals surface area (Å²) >= 11 is 0. The first-order chi connectivity index (χ1) is 8.20. The van der Waals surface area contributed by atoms with E-state index in [1.54, 1.807) is 12.1 Å². The summed E-state index contributed by atoms with van der Waals surface area (Å²) in [6.45, 7) is 0.724. The number of nitrogens with one attached hydrogen (secondary N) is 1. The molecule has 1 aromatic rings. The molecule has 0 fully saturated rings. The topological polar surface area (TPSA) is 67.8 Å². The van der Waals surface area contributed by atoms with Crippen LogP contribution in [0.4, 0.5) is 5.69 Å². The fourth-order valence-corrected chi connectivity index (χ4v) is 1.79. The number of benzene rings is 1. The lowest BCUT2D eigenvalue weighted by molar-refractivity contribution is -0.138. The van der Waals surface area contributed by atoms with E-state index in [1.807, 2.05) is 0 Å². The van der Waals surface area contributed by atoms with Gasteiger partial charge in [-0.15, -0.1) is 0 Å². The highest BCUT2D eigenvalue weighted by Crippen LogP contribution is 2.35. The van der Waals surface area contributed by atoms with E-state index in [-0.39, 0.29) is 18.3 Å². The number of hydrogen-bond donors (Lipinski definition) is 2. The molecule has 0 aliphatic carbocycles. The van der Waals surface area contributed by atoms with Gasteiger partial charge in [0, 0.05) is 23.4 Å². The number of anilines is 1. The van der Waals surface area contributed by atoms with Crippen molar-refractivity contribution in [3.05, 3.63) is 17.7 Å². The third-order valence-corrected chi connectivity index (χ3v) is 2.68. The number of methoxy groups -OCH3 is 1. The molecule has 17 heavy (non-hydrogen) atoms. The van der Waals surface area contributed by atoms with E-state index in [9.17, 15) is 9.90 Å². The molecule has 0 bridgehead atoms. The third kappa shape index (κ3) is 2.61. The molecule has 0 unspecified atom stereocenters. The van der Waals surface area contributed by atoms with Crippen molar-refractivity contribution >= 4 is 11.7 Å². The van der Waals surface area contributed by atoms with Crippen LogP contribution in [0.5, 0.6) is 11.5 Å². The van der Waals surface area contributed by atoms with E-state index in [4.69, 9.17) is 4.74 Å². The van der Waals surface area contributed by atoms with Gasteiger partial charge < -0.3 is 19.9 Å². The summed E-state index contributed by atoms with van der Waals surface area (Å²) in [5.74, 6) is 0.529. The summed E-state index contributed by atoms with van der Waals surface area (Å²) in [5, 5.41) is 12.7. The van der Waals surface area contributed by atoms with Gasteiger partial charge in [-0.05, 0) is 12.8 Å². The summed E-state index contributed by atoms with van der Waals surface area (Å²) < 4.78 is 9.98. The van der Waals surface area contributed by atoms with Gasteiger partial charge in [0.25, 0.3) is 0 Å². The lowest BCUT2D eigenvalue weighted by Gasteiger charge is -2.19. The van der Waals surface area contributed by atoms with Crippen molar-refractivity contribution < 1.29 is 19.4 Å². The van der Waals surface area contributed by atoms with E-state index in [2.05, 4.69) is 10.1 Å². The van der Waals surface area contributed by atoms with Gasteiger partial charge in [0.05, 0.1) is 13.7 Å². The Kier molecular flexibility index (Phi) is 3.37. The van der Waals surface area contributed by atoms with Gasteiger partial charge in [0.1, 0.15) is 18.0 Å². The number of rotatable bonds is 3. The van der Waals surface area contributed by atoms with Gasteiger partial charge in [0.15, 0.2) is 0 Å². The van der Waals surface area contributed by atoms with Crippen LogP contribution in [0.1, 0.15) is 12.0 Å². The van der Waals surface area contributed by atoms with Crippen molar-refractivity contribution in [3.63, 3.8) is 0 Å². The fraction of sp³-hybridized carbons (Fsp3) is 0.417. The van der Waals surface area contributed by atoms with E-state index in [0.29, 0.717) is 18.0 Å². The lowest BCUT2D eigenvalue weighted by atomic mass is 10.0. The Hall–Kier alpha value is -1.91. The van der Waals surface area contributed by atoms with Crippen molar-refractivity contribution in [1.82, 2.24) is 0 Å². The molecule has 0 aromatic heterocycles. The molecule has 1 aliphatic rings. The number of carbonyl (C=O) groups excluding carboxylic acids is 1. The summed E-state index contributed by atoms with van der Waals surface area (Å²) in [5.41, 5.74) is 1.48. The van der Waals surface area contributed by atoms with E-state index in [0.717, 1.165) is 18.4 Å². The van der Waals surface area contributed by atoms with Crippen molar-refractivity contribution in [3.8, 4) is 11.5 Å². The maximum absolute atomic E-state index is 11.0. The first-order valence-corrected chi connectivity index (χ1v) is 5.50. The highest BCUT2D eigenvalue weighted by atomic mass is 16.5. The van der Waals surface area contributed by atoms with Crippen molar-refractivity contribution in [1.29, 1.82) is 0 Å². The zero-order valence-corrected chi connectivity index (χ0v) is 9.66. The molecule has 1 aliphatic heterocycles. The number of carbonyl (C=O) groups is 1. The smallest absolute Gasteiger partial charge is 0.325 e. The van der Waals surface area contributed by atoms with E-state index >= 15 is 0 Å². The fourth-order valence-electron chi connectivity index (χ4n) is 1.79. The molecular weight excluding hydrogens is 222 g/mol. The van der Waals surface area contributed by atoms with Crippen LogP contribution >= 0.6 is 0 Å². The summed E-state index contributed by atoms with van der Waals surface area (Å²) in [6, 6.07) is 3.38. The van der Waals surface area contributed by atoms with Gasteiger partial charge in [-0.2, -0.15) is 0 Å². The number of phenolic OH excluding ortho intramolecular Hbond substituents is 1. The number of esters is 1. The van der Waals surface area contributed by atoms with Crippen LogP contribution in [0.2, 0.25) is 0 Å². The quantitative estimate of drug-likeness (QED) is 0.776. The molecule has 0 amide bonds. The summed E-state index contributed by atoms with van der Waals surface area (Å²) in [4.78, 5) is 11.0. The second-order valence-corrected chi connectivity index (χ2v) is 3.85. The first-order valence-electron chi connectivity index (χ1n) is 5.50. The van der Waals surface area contributed by atoms with Gasteiger partial charge in [-0.25, -0.2) is 0 Å². The summed E-state index contributed by atoms with van der Waals surface area (Å²) in [7, 11) is 1.33. The number of phenols is 1. The second kappa shape index (κ2) is 4.95. The zero-order chi connectivity index (χ0) is 12.3. The molecule has 0 atom stereocenters. The maximum Gasteiger partial charge on any atom is 0.325 e. The third-order valence-electron chi connectivity index (χ3n) is 2.68. The standard InChI is InChI=1S/C12H15NO4/c1-16-12(15)7-13-8-5-10(14)9-3-2-4-17-11(9)6-8/h5-6,13-14H,2-4,7H2,1H3. The van der Waals surface area contributed by atoms with Crippen LogP contribution in [-0.2, 0) is 16.0 Å². The molecule has 1 aromatic carbocycles. The van der Waals surface area contributed by atoms with Crippen LogP contribution in [0, 0.1) is 0 Å². The van der Waals surface area contributed by atoms with Gasteiger partial charge >= 0.3 is 5.97 Å². The summed E-state index contributed by atoms with van der Waals surface area (Å²) in [6.07, 6.45) is 1.73. The molecule has 5 nitrogen and oxygen atoms in total. The minimum Gasteiger partial charge on any atom is -0.507 e. The highest BCUT2D eigenvalue weighted by Gasteiger charge is 2.15. The molecule has 1 heterocycles. The van der Waals surface area contributed by atoms with Crippen molar-refractivity contribution in [2.45, 2.75) is 12.8 Å². The Morgan fingerprint density at radius 2 is 2.41 bits per heavy atom. The van der Waals surface area contributed by atoms with Crippen LogP contribution in [0.15, 0.2) is 12.1 Å². The molecule has 5 heteroatoms. The first kappa shape index (κ1) is 11.6. The van der Waals surface area contributed by atoms with Crippen LogP contribution in [0.3, 0.4) is 0 Å². The molecule has 0 spiro atoms. The molecule has 92 valence electrons. The van der Waals surface area contributed by atoms with E-state index in [1.165, 1.54) is 7.11 Å². The van der Waals surface area contributed by atoms with Crippen LogP contribution in [0.25, 0.3) is 0 Å². The minimum absolute atomic E-state index is 0.0642. The normalized spacial score (nSPS) is 13.5. The molecule has 2 N–H and O–H groups in total. The predicted molar refractivity (Wildman–Crippen MR) is 62.4 cm³/mol. The predicted octanol–water partition coefficient (Wildman–Crippen LogP) is 1.30. The Labute approximate surface area is 99.3 Å². The van der Waals surface area contributed by atoms with Gasteiger partial charge in [-0.3, -0.25) is 4.79 Å². The molecular formula is C12H15NO4. The molecule has 0 saturated carbocycles. The number of aromatic hydroxyl groups is 1. The van der Waals surface area contributed by atoms with Gasteiger partial charge in [-0.1, -0.05) is 0 Å². The maximum atomic E-state index is 11.0. The van der Waals surface area contributed by atoms with Crippen molar-refractivity contribution in [2.24, 2.45) is 0 Å². The number of fused-ring (bicyclic) bond motifs is 1. The van der Waals surface area contributed by atoms with Crippen molar-refractivity contribution in [2.75, 3.05) is 25.6 Å². The van der Waals surface area contributed by atoms with Crippen LogP contribution < -0.4 is 10.1 Å². The Bertz CT molecular complexity index is 431. The largest absolute Gasteiger partial charge is 0.507 e. The number of hydrogen-bond acceptors (Lipinski definition) is 5. The minimum atomic E-state index is -0.358. The average Bonchev–Trinajstić information content (AvgIpc) is 2.36.